The minimum absolute atomic E-state index is 0.0695. The molecule has 1 aliphatic heterocycles. The first-order chi connectivity index (χ1) is 9.61. The maximum absolute atomic E-state index is 12.3. The van der Waals surface area contributed by atoms with Gasteiger partial charge in [-0.1, -0.05) is 19.8 Å². The Labute approximate surface area is 120 Å². The molecular formula is C15H26N2O3. The van der Waals surface area contributed by atoms with Crippen molar-refractivity contribution in [2.45, 2.75) is 57.9 Å². The molecule has 0 aromatic carbocycles. The molecule has 5 nitrogen and oxygen atoms in total. The molecule has 0 aromatic heterocycles. The average molecular weight is 282 g/mol. The third-order valence-electron chi connectivity index (χ3n) is 4.85. The molecule has 114 valence electrons. The van der Waals surface area contributed by atoms with Crippen LogP contribution in [0, 0.1) is 11.8 Å². The average Bonchev–Trinajstić information content (AvgIpc) is 2.74. The normalized spacial score (nSPS) is 30.9. The van der Waals surface area contributed by atoms with Gasteiger partial charge >= 0.3 is 12.0 Å². The van der Waals surface area contributed by atoms with Crippen LogP contribution >= 0.6 is 0 Å². The molecule has 2 fully saturated rings. The van der Waals surface area contributed by atoms with Crippen molar-refractivity contribution < 1.29 is 14.7 Å². The molecule has 1 saturated carbocycles. The van der Waals surface area contributed by atoms with Gasteiger partial charge in [0, 0.05) is 19.1 Å². The van der Waals surface area contributed by atoms with Crippen LogP contribution in [0.5, 0.6) is 0 Å². The van der Waals surface area contributed by atoms with Crippen LogP contribution in [0.3, 0.4) is 0 Å². The minimum Gasteiger partial charge on any atom is -0.481 e. The van der Waals surface area contributed by atoms with E-state index in [1.54, 1.807) is 0 Å². The molecule has 3 atom stereocenters. The highest BCUT2D eigenvalue weighted by atomic mass is 16.4. The Balaban J connectivity index is 1.86. The molecule has 20 heavy (non-hydrogen) atoms. The summed E-state index contributed by atoms with van der Waals surface area (Å²) in [6.45, 7) is 3.80. The molecular weight excluding hydrogens is 256 g/mol. The number of amides is 2. The Kier molecular flexibility index (Phi) is 5.26. The van der Waals surface area contributed by atoms with E-state index in [0.717, 1.165) is 44.7 Å². The SMILES string of the molecule is CCC1CCCN(C(=O)NC2CCCC2C(=O)O)CC1. The van der Waals surface area contributed by atoms with Crippen LogP contribution in [-0.2, 0) is 4.79 Å². The molecule has 2 N–H and O–H groups in total. The Morgan fingerprint density at radius 1 is 1.15 bits per heavy atom. The molecule has 1 aliphatic carbocycles. The predicted molar refractivity (Wildman–Crippen MR) is 76.5 cm³/mol. The lowest BCUT2D eigenvalue weighted by Gasteiger charge is -2.25. The number of urea groups is 1. The van der Waals surface area contributed by atoms with Gasteiger partial charge in [-0.25, -0.2) is 4.79 Å². The molecule has 0 radical (unpaired) electrons. The fourth-order valence-corrected chi connectivity index (χ4v) is 3.45. The van der Waals surface area contributed by atoms with Crippen LogP contribution < -0.4 is 5.32 Å². The van der Waals surface area contributed by atoms with Crippen molar-refractivity contribution in [1.82, 2.24) is 10.2 Å². The highest BCUT2D eigenvalue weighted by Crippen LogP contribution is 2.26. The van der Waals surface area contributed by atoms with E-state index in [0.29, 0.717) is 6.42 Å². The smallest absolute Gasteiger partial charge is 0.317 e. The lowest BCUT2D eigenvalue weighted by molar-refractivity contribution is -0.142. The quantitative estimate of drug-likeness (QED) is 0.835. The number of hydrogen-bond acceptors (Lipinski definition) is 2. The van der Waals surface area contributed by atoms with E-state index in [9.17, 15) is 9.59 Å². The third-order valence-corrected chi connectivity index (χ3v) is 4.85. The largest absolute Gasteiger partial charge is 0.481 e. The molecule has 2 aliphatic rings. The van der Waals surface area contributed by atoms with Gasteiger partial charge in [-0.3, -0.25) is 4.79 Å². The lowest BCUT2D eigenvalue weighted by atomic mass is 9.98. The number of nitrogens with one attached hydrogen (secondary N) is 1. The number of aliphatic carboxylic acids is 1. The van der Waals surface area contributed by atoms with Gasteiger partial charge in [0.1, 0.15) is 0 Å². The molecule has 1 heterocycles. The van der Waals surface area contributed by atoms with Gasteiger partial charge in [0.15, 0.2) is 0 Å². The molecule has 2 rings (SSSR count). The number of carbonyl (C=O) groups excluding carboxylic acids is 1. The van der Waals surface area contributed by atoms with E-state index in [2.05, 4.69) is 12.2 Å². The van der Waals surface area contributed by atoms with Gasteiger partial charge in [0.25, 0.3) is 0 Å². The summed E-state index contributed by atoms with van der Waals surface area (Å²) < 4.78 is 0. The van der Waals surface area contributed by atoms with Crippen molar-refractivity contribution in [3.05, 3.63) is 0 Å². The summed E-state index contributed by atoms with van der Waals surface area (Å²) in [5.74, 6) is -0.463. The maximum atomic E-state index is 12.3. The summed E-state index contributed by atoms with van der Waals surface area (Å²) in [7, 11) is 0. The van der Waals surface area contributed by atoms with Gasteiger partial charge in [-0.15, -0.1) is 0 Å². The second kappa shape index (κ2) is 6.95. The first-order valence-electron chi connectivity index (χ1n) is 7.90. The number of carboxylic acid groups (broad SMARTS) is 1. The van der Waals surface area contributed by atoms with Gasteiger partial charge in [0.2, 0.25) is 0 Å². The molecule has 3 unspecified atom stereocenters. The number of likely N-dealkylation sites (tertiary alicyclic amines) is 1. The van der Waals surface area contributed by atoms with Gasteiger partial charge < -0.3 is 15.3 Å². The first kappa shape index (κ1) is 15.1. The molecule has 2 amide bonds. The molecule has 0 aromatic rings. The predicted octanol–water partition coefficient (Wildman–Crippen LogP) is 2.46. The van der Waals surface area contributed by atoms with Crippen molar-refractivity contribution in [2.24, 2.45) is 11.8 Å². The molecule has 5 heteroatoms. The number of carboxylic acids is 1. The highest BCUT2D eigenvalue weighted by Gasteiger charge is 2.34. The van der Waals surface area contributed by atoms with Crippen molar-refractivity contribution in [3.63, 3.8) is 0 Å². The summed E-state index contributed by atoms with van der Waals surface area (Å²) in [6, 6.07) is -0.259. The standard InChI is InChI=1S/C15H26N2O3/c1-2-11-5-4-9-17(10-8-11)15(20)16-13-7-3-6-12(13)14(18)19/h11-13H,2-10H2,1H3,(H,16,20)(H,18,19). The summed E-state index contributed by atoms with van der Waals surface area (Å²) in [6.07, 6.45) is 6.85. The van der Waals surface area contributed by atoms with Crippen LogP contribution in [0.15, 0.2) is 0 Å². The van der Waals surface area contributed by atoms with Crippen LogP contribution in [0.4, 0.5) is 4.79 Å². The summed E-state index contributed by atoms with van der Waals surface area (Å²) in [5, 5.41) is 12.1. The molecule has 0 spiro atoms. The first-order valence-corrected chi connectivity index (χ1v) is 7.90. The number of hydrogen-bond donors (Lipinski definition) is 2. The number of rotatable bonds is 3. The van der Waals surface area contributed by atoms with Crippen molar-refractivity contribution >= 4 is 12.0 Å². The van der Waals surface area contributed by atoms with E-state index in [1.165, 1.54) is 12.8 Å². The van der Waals surface area contributed by atoms with E-state index < -0.39 is 11.9 Å². The Hall–Kier alpha value is -1.26. The van der Waals surface area contributed by atoms with E-state index in [4.69, 9.17) is 5.11 Å². The van der Waals surface area contributed by atoms with Crippen molar-refractivity contribution in [3.8, 4) is 0 Å². The lowest BCUT2D eigenvalue weighted by Crippen LogP contribution is -2.47. The Morgan fingerprint density at radius 3 is 2.65 bits per heavy atom. The zero-order chi connectivity index (χ0) is 14.5. The topological polar surface area (TPSA) is 69.6 Å². The fraction of sp³-hybridized carbons (Fsp3) is 0.867. The Morgan fingerprint density at radius 2 is 1.95 bits per heavy atom. The van der Waals surface area contributed by atoms with Gasteiger partial charge in [-0.05, 0) is 38.0 Å². The van der Waals surface area contributed by atoms with Crippen LogP contribution in [0.2, 0.25) is 0 Å². The maximum Gasteiger partial charge on any atom is 0.317 e. The summed E-state index contributed by atoms with van der Waals surface area (Å²) >= 11 is 0. The summed E-state index contributed by atoms with van der Waals surface area (Å²) in [4.78, 5) is 25.3. The zero-order valence-electron chi connectivity index (χ0n) is 12.3. The summed E-state index contributed by atoms with van der Waals surface area (Å²) in [5.41, 5.74) is 0. The van der Waals surface area contributed by atoms with Crippen LogP contribution in [0.25, 0.3) is 0 Å². The number of nitrogens with zero attached hydrogens (tertiary/aromatic N) is 1. The van der Waals surface area contributed by atoms with Crippen molar-refractivity contribution in [1.29, 1.82) is 0 Å². The number of carbonyl (C=O) groups is 2. The van der Waals surface area contributed by atoms with E-state index >= 15 is 0 Å². The second-order valence-electron chi connectivity index (χ2n) is 6.12. The fourth-order valence-electron chi connectivity index (χ4n) is 3.45. The van der Waals surface area contributed by atoms with Gasteiger partial charge in [0.05, 0.1) is 5.92 Å². The van der Waals surface area contributed by atoms with Crippen molar-refractivity contribution in [2.75, 3.05) is 13.1 Å². The molecule has 0 bridgehead atoms. The van der Waals surface area contributed by atoms with E-state index in [1.807, 2.05) is 4.90 Å². The van der Waals surface area contributed by atoms with Crippen LogP contribution in [0.1, 0.15) is 51.9 Å². The van der Waals surface area contributed by atoms with Gasteiger partial charge in [-0.2, -0.15) is 0 Å². The second-order valence-corrected chi connectivity index (χ2v) is 6.12. The van der Waals surface area contributed by atoms with Crippen LogP contribution in [-0.4, -0.2) is 41.1 Å². The molecule has 1 saturated heterocycles. The monoisotopic (exact) mass is 282 g/mol. The highest BCUT2D eigenvalue weighted by molar-refractivity contribution is 5.77. The minimum atomic E-state index is -0.783. The van der Waals surface area contributed by atoms with E-state index in [-0.39, 0.29) is 12.1 Å². The Bertz CT molecular complexity index is 359. The zero-order valence-corrected chi connectivity index (χ0v) is 12.3. The third kappa shape index (κ3) is 3.64.